The Hall–Kier alpha value is -2.49. The van der Waals surface area contributed by atoms with Crippen molar-refractivity contribution in [2.45, 2.75) is 26.8 Å². The molecule has 2 aromatic rings. The summed E-state index contributed by atoms with van der Waals surface area (Å²) in [6, 6.07) is 15.3. The van der Waals surface area contributed by atoms with Gasteiger partial charge in [0.15, 0.2) is 0 Å². The zero-order chi connectivity index (χ0) is 15.8. The number of amides is 2. The van der Waals surface area contributed by atoms with E-state index < -0.39 is 0 Å². The van der Waals surface area contributed by atoms with Crippen molar-refractivity contribution in [1.29, 1.82) is 0 Å². The zero-order valence-corrected chi connectivity index (χ0v) is 13.1. The lowest BCUT2D eigenvalue weighted by Gasteiger charge is -2.12. The second kappa shape index (κ2) is 8.08. The summed E-state index contributed by atoms with van der Waals surface area (Å²) in [5, 5.41) is 5.67. The predicted molar refractivity (Wildman–Crippen MR) is 89.3 cm³/mol. The molecule has 2 N–H and O–H groups in total. The average Bonchev–Trinajstić information content (AvgIpc) is 2.53. The van der Waals surface area contributed by atoms with Gasteiger partial charge < -0.3 is 15.4 Å². The molecule has 0 spiro atoms. The van der Waals surface area contributed by atoms with Crippen LogP contribution in [0.1, 0.15) is 24.5 Å². The van der Waals surface area contributed by atoms with Gasteiger partial charge in [0, 0.05) is 6.54 Å². The Bertz CT molecular complexity index is 609. The SMILES string of the molecule is CCCOc1ccccc1NC(=O)NCc1ccc(C)cc1. The number of benzene rings is 2. The highest BCUT2D eigenvalue weighted by Crippen LogP contribution is 2.23. The van der Waals surface area contributed by atoms with E-state index in [0.717, 1.165) is 12.0 Å². The summed E-state index contributed by atoms with van der Waals surface area (Å²) in [5.41, 5.74) is 2.95. The van der Waals surface area contributed by atoms with E-state index in [4.69, 9.17) is 4.74 Å². The first-order chi connectivity index (χ1) is 10.7. The molecule has 0 unspecified atom stereocenters. The topological polar surface area (TPSA) is 50.4 Å². The van der Waals surface area contributed by atoms with Crippen LogP contribution in [-0.2, 0) is 6.54 Å². The molecule has 0 aliphatic rings. The summed E-state index contributed by atoms with van der Waals surface area (Å²) in [7, 11) is 0. The minimum atomic E-state index is -0.242. The normalized spacial score (nSPS) is 10.1. The van der Waals surface area contributed by atoms with Crippen molar-refractivity contribution in [3.05, 3.63) is 59.7 Å². The van der Waals surface area contributed by atoms with Gasteiger partial charge in [-0.1, -0.05) is 48.9 Å². The number of hydrogen-bond donors (Lipinski definition) is 2. The molecule has 0 bridgehead atoms. The van der Waals surface area contributed by atoms with Crippen molar-refractivity contribution < 1.29 is 9.53 Å². The first-order valence-electron chi connectivity index (χ1n) is 7.51. The smallest absolute Gasteiger partial charge is 0.319 e. The third-order valence-electron chi connectivity index (χ3n) is 3.17. The van der Waals surface area contributed by atoms with Crippen LogP contribution in [0.3, 0.4) is 0 Å². The summed E-state index contributed by atoms with van der Waals surface area (Å²) in [6.07, 6.45) is 0.925. The van der Waals surface area contributed by atoms with Crippen molar-refractivity contribution in [3.63, 3.8) is 0 Å². The highest BCUT2D eigenvalue weighted by Gasteiger charge is 2.06. The van der Waals surface area contributed by atoms with E-state index in [9.17, 15) is 4.79 Å². The van der Waals surface area contributed by atoms with E-state index in [1.165, 1.54) is 5.56 Å². The van der Waals surface area contributed by atoms with E-state index >= 15 is 0 Å². The predicted octanol–water partition coefficient (Wildman–Crippen LogP) is 4.11. The van der Waals surface area contributed by atoms with Crippen LogP contribution in [-0.4, -0.2) is 12.6 Å². The molecule has 0 saturated heterocycles. The Morgan fingerprint density at radius 1 is 1.09 bits per heavy atom. The maximum absolute atomic E-state index is 12.0. The molecule has 2 rings (SSSR count). The third kappa shape index (κ3) is 4.81. The molecule has 0 radical (unpaired) electrons. The molecule has 2 aromatic carbocycles. The standard InChI is InChI=1S/C18H22N2O2/c1-3-12-22-17-7-5-4-6-16(17)20-18(21)19-13-15-10-8-14(2)9-11-15/h4-11H,3,12-13H2,1-2H3,(H2,19,20,21). The van der Waals surface area contributed by atoms with Crippen molar-refractivity contribution in [1.82, 2.24) is 5.32 Å². The van der Waals surface area contributed by atoms with Crippen LogP contribution in [0.2, 0.25) is 0 Å². The summed E-state index contributed by atoms with van der Waals surface area (Å²) >= 11 is 0. The fourth-order valence-corrected chi connectivity index (χ4v) is 1.96. The largest absolute Gasteiger partial charge is 0.491 e. The molecule has 0 aromatic heterocycles. The molecule has 0 saturated carbocycles. The molecule has 0 fully saturated rings. The molecule has 4 nitrogen and oxygen atoms in total. The number of carbonyl (C=O) groups is 1. The van der Waals surface area contributed by atoms with Gasteiger partial charge in [0.25, 0.3) is 0 Å². The lowest BCUT2D eigenvalue weighted by molar-refractivity contribution is 0.251. The number of rotatable bonds is 6. The van der Waals surface area contributed by atoms with Crippen LogP contribution < -0.4 is 15.4 Å². The maximum Gasteiger partial charge on any atom is 0.319 e. The summed E-state index contributed by atoms with van der Waals surface area (Å²) < 4.78 is 5.62. The fourth-order valence-electron chi connectivity index (χ4n) is 1.96. The Morgan fingerprint density at radius 2 is 1.82 bits per heavy atom. The summed E-state index contributed by atoms with van der Waals surface area (Å²) in [4.78, 5) is 12.0. The number of urea groups is 1. The van der Waals surface area contributed by atoms with Gasteiger partial charge >= 0.3 is 6.03 Å². The highest BCUT2D eigenvalue weighted by atomic mass is 16.5. The van der Waals surface area contributed by atoms with E-state index in [1.54, 1.807) is 0 Å². The van der Waals surface area contributed by atoms with Gasteiger partial charge in [-0.05, 0) is 31.0 Å². The summed E-state index contributed by atoms with van der Waals surface area (Å²) in [6.45, 7) is 5.20. The van der Waals surface area contributed by atoms with Gasteiger partial charge in [-0.2, -0.15) is 0 Å². The Kier molecular flexibility index (Phi) is 5.83. The van der Waals surface area contributed by atoms with Gasteiger partial charge in [0.05, 0.1) is 12.3 Å². The number of hydrogen-bond acceptors (Lipinski definition) is 2. The van der Waals surface area contributed by atoms with Gasteiger partial charge in [0.2, 0.25) is 0 Å². The Labute approximate surface area is 131 Å². The lowest BCUT2D eigenvalue weighted by atomic mass is 10.1. The van der Waals surface area contributed by atoms with Gasteiger partial charge in [-0.25, -0.2) is 4.79 Å². The molecule has 0 aliphatic heterocycles. The van der Waals surface area contributed by atoms with Crippen LogP contribution in [0, 0.1) is 6.92 Å². The fraction of sp³-hybridized carbons (Fsp3) is 0.278. The number of ether oxygens (including phenoxy) is 1. The molecule has 22 heavy (non-hydrogen) atoms. The van der Waals surface area contributed by atoms with Crippen molar-refractivity contribution in [2.75, 3.05) is 11.9 Å². The molecule has 0 atom stereocenters. The quantitative estimate of drug-likeness (QED) is 0.843. The van der Waals surface area contributed by atoms with Gasteiger partial charge in [-0.15, -0.1) is 0 Å². The second-order valence-corrected chi connectivity index (χ2v) is 5.14. The van der Waals surface area contributed by atoms with Gasteiger partial charge in [-0.3, -0.25) is 0 Å². The van der Waals surface area contributed by atoms with Crippen molar-refractivity contribution in [3.8, 4) is 5.75 Å². The lowest BCUT2D eigenvalue weighted by Crippen LogP contribution is -2.28. The molecule has 0 heterocycles. The minimum absolute atomic E-state index is 0.242. The minimum Gasteiger partial charge on any atom is -0.491 e. The van der Waals surface area contributed by atoms with Crippen LogP contribution in [0.15, 0.2) is 48.5 Å². The first-order valence-corrected chi connectivity index (χ1v) is 7.51. The highest BCUT2D eigenvalue weighted by molar-refractivity contribution is 5.90. The number of anilines is 1. The van der Waals surface area contributed by atoms with E-state index in [2.05, 4.69) is 10.6 Å². The number of aryl methyl sites for hydroxylation is 1. The van der Waals surface area contributed by atoms with Gasteiger partial charge in [0.1, 0.15) is 5.75 Å². The third-order valence-corrected chi connectivity index (χ3v) is 3.17. The van der Waals surface area contributed by atoms with Crippen molar-refractivity contribution >= 4 is 11.7 Å². The van der Waals surface area contributed by atoms with E-state index in [-0.39, 0.29) is 6.03 Å². The van der Waals surface area contributed by atoms with Crippen LogP contribution in [0.4, 0.5) is 10.5 Å². The Balaban J connectivity index is 1.90. The average molecular weight is 298 g/mol. The first kappa shape index (κ1) is 15.9. The summed E-state index contributed by atoms with van der Waals surface area (Å²) in [5.74, 6) is 0.690. The zero-order valence-electron chi connectivity index (χ0n) is 13.1. The monoisotopic (exact) mass is 298 g/mol. The molecule has 4 heteroatoms. The Morgan fingerprint density at radius 3 is 2.55 bits per heavy atom. The molecule has 2 amide bonds. The molecule has 116 valence electrons. The maximum atomic E-state index is 12.0. The second-order valence-electron chi connectivity index (χ2n) is 5.14. The molecular formula is C18H22N2O2. The molecular weight excluding hydrogens is 276 g/mol. The van der Waals surface area contributed by atoms with Crippen LogP contribution in [0.5, 0.6) is 5.75 Å². The number of nitrogens with one attached hydrogen (secondary N) is 2. The van der Waals surface area contributed by atoms with E-state index in [0.29, 0.717) is 24.6 Å². The van der Waals surface area contributed by atoms with Crippen LogP contribution in [0.25, 0.3) is 0 Å². The van der Waals surface area contributed by atoms with Crippen LogP contribution >= 0.6 is 0 Å². The van der Waals surface area contributed by atoms with E-state index in [1.807, 2.05) is 62.4 Å². The van der Waals surface area contributed by atoms with Crippen molar-refractivity contribution in [2.24, 2.45) is 0 Å². The number of para-hydroxylation sites is 2. The number of carbonyl (C=O) groups excluding carboxylic acids is 1. The molecule has 0 aliphatic carbocycles.